The van der Waals surface area contributed by atoms with Gasteiger partial charge >= 0.3 is 0 Å². The van der Waals surface area contributed by atoms with Crippen molar-refractivity contribution >= 4 is 5.95 Å². The van der Waals surface area contributed by atoms with E-state index in [2.05, 4.69) is 15.3 Å². The highest BCUT2D eigenvalue weighted by molar-refractivity contribution is 5.29. The molecule has 0 aliphatic carbocycles. The second kappa shape index (κ2) is 4.17. The van der Waals surface area contributed by atoms with Gasteiger partial charge in [-0.05, 0) is 25.7 Å². The van der Waals surface area contributed by atoms with E-state index in [4.69, 9.17) is 0 Å². The molecule has 0 saturated carbocycles. The highest BCUT2D eigenvalue weighted by Gasteiger charge is 2.43. The molecule has 2 aliphatic heterocycles. The molecule has 2 aliphatic rings. The van der Waals surface area contributed by atoms with E-state index in [9.17, 15) is 5.11 Å². The van der Waals surface area contributed by atoms with Crippen molar-refractivity contribution in [1.29, 1.82) is 0 Å². The number of anilines is 1. The van der Waals surface area contributed by atoms with Crippen LogP contribution in [0, 0.1) is 0 Å². The van der Waals surface area contributed by atoms with Gasteiger partial charge in [-0.3, -0.25) is 0 Å². The molecule has 2 saturated heterocycles. The smallest absolute Gasteiger partial charge is 0.224 e. The summed E-state index contributed by atoms with van der Waals surface area (Å²) in [7, 11) is 3.82. The summed E-state index contributed by atoms with van der Waals surface area (Å²) in [6.07, 6.45) is 7.43. The molecule has 0 spiro atoms. The third kappa shape index (κ3) is 1.97. The number of hydrogen-bond acceptors (Lipinski definition) is 5. The van der Waals surface area contributed by atoms with Gasteiger partial charge in [0, 0.05) is 44.1 Å². The minimum absolute atomic E-state index is 0.447. The number of hydrogen-bond donors (Lipinski definition) is 2. The molecule has 2 fully saturated rings. The van der Waals surface area contributed by atoms with Crippen molar-refractivity contribution in [2.45, 2.75) is 43.4 Å². The second-order valence-electron chi connectivity index (χ2n) is 5.74. The van der Waals surface area contributed by atoms with E-state index in [1.165, 1.54) is 12.8 Å². The average Bonchev–Trinajstić information content (AvgIpc) is 2.69. The van der Waals surface area contributed by atoms with E-state index in [-0.39, 0.29) is 0 Å². The normalized spacial score (nSPS) is 34.6. The van der Waals surface area contributed by atoms with Crippen molar-refractivity contribution in [3.05, 3.63) is 18.0 Å². The van der Waals surface area contributed by atoms with Gasteiger partial charge < -0.3 is 15.3 Å². The lowest BCUT2D eigenvalue weighted by atomic mass is 9.83. The van der Waals surface area contributed by atoms with Crippen LogP contribution in [0.15, 0.2) is 12.4 Å². The number of aromatic nitrogens is 2. The van der Waals surface area contributed by atoms with Crippen LogP contribution in [0.4, 0.5) is 5.95 Å². The maximum atomic E-state index is 10.8. The molecule has 3 rings (SSSR count). The third-order valence-electron chi connectivity index (χ3n) is 4.08. The molecule has 0 aromatic carbocycles. The molecule has 2 unspecified atom stereocenters. The Balaban J connectivity index is 1.85. The van der Waals surface area contributed by atoms with Gasteiger partial charge in [-0.15, -0.1) is 0 Å². The fraction of sp³-hybridized carbons (Fsp3) is 0.692. The Bertz CT molecular complexity index is 419. The molecule has 3 heterocycles. The Morgan fingerprint density at radius 3 is 2.28 bits per heavy atom. The number of aliphatic hydroxyl groups is 1. The van der Waals surface area contributed by atoms with Gasteiger partial charge in [-0.25, -0.2) is 9.97 Å². The van der Waals surface area contributed by atoms with Crippen LogP contribution in [0.3, 0.4) is 0 Å². The first kappa shape index (κ1) is 11.9. The standard InChI is InChI=1S/C13H20N4O/c1-17(2)12-14-7-9(8-15-12)13(18)5-10-3-4-11(6-13)16-10/h7-8,10-11,16,18H,3-6H2,1-2H3. The maximum Gasteiger partial charge on any atom is 0.224 e. The summed E-state index contributed by atoms with van der Waals surface area (Å²) in [6, 6.07) is 0.893. The number of piperidine rings is 1. The molecule has 2 N–H and O–H groups in total. The molecule has 1 aromatic rings. The van der Waals surface area contributed by atoms with E-state index in [0.29, 0.717) is 18.0 Å². The van der Waals surface area contributed by atoms with E-state index in [1.54, 1.807) is 12.4 Å². The largest absolute Gasteiger partial charge is 0.385 e. The monoisotopic (exact) mass is 248 g/mol. The van der Waals surface area contributed by atoms with Crippen molar-refractivity contribution in [3.63, 3.8) is 0 Å². The minimum Gasteiger partial charge on any atom is -0.385 e. The summed E-state index contributed by atoms with van der Waals surface area (Å²) in [5.74, 6) is 0.680. The Kier molecular flexibility index (Phi) is 2.75. The topological polar surface area (TPSA) is 61.3 Å². The van der Waals surface area contributed by atoms with Crippen LogP contribution in [0.1, 0.15) is 31.2 Å². The molecule has 0 radical (unpaired) electrons. The average molecular weight is 248 g/mol. The first-order valence-corrected chi connectivity index (χ1v) is 6.55. The van der Waals surface area contributed by atoms with Crippen LogP contribution < -0.4 is 10.2 Å². The summed E-state index contributed by atoms with van der Waals surface area (Å²) < 4.78 is 0. The number of fused-ring (bicyclic) bond motifs is 2. The Labute approximate surface area is 107 Å². The van der Waals surface area contributed by atoms with E-state index in [1.807, 2.05) is 19.0 Å². The van der Waals surface area contributed by atoms with Crippen LogP contribution in [0.2, 0.25) is 0 Å². The molecular weight excluding hydrogens is 228 g/mol. The van der Waals surface area contributed by atoms with Gasteiger partial charge in [-0.2, -0.15) is 0 Å². The maximum absolute atomic E-state index is 10.8. The summed E-state index contributed by atoms with van der Waals surface area (Å²) in [5, 5.41) is 14.4. The van der Waals surface area contributed by atoms with Crippen LogP contribution >= 0.6 is 0 Å². The lowest BCUT2D eigenvalue weighted by Crippen LogP contribution is -2.46. The van der Waals surface area contributed by atoms with Crippen LogP contribution in [-0.2, 0) is 5.60 Å². The van der Waals surface area contributed by atoms with Gasteiger partial charge in [0.1, 0.15) is 0 Å². The number of nitrogens with zero attached hydrogens (tertiary/aromatic N) is 3. The van der Waals surface area contributed by atoms with Crippen LogP contribution in [0.5, 0.6) is 0 Å². The highest BCUT2D eigenvalue weighted by Crippen LogP contribution is 2.40. The van der Waals surface area contributed by atoms with E-state index in [0.717, 1.165) is 18.4 Å². The SMILES string of the molecule is CN(C)c1ncc(C2(O)CC3CCC(C2)N3)cn1. The molecule has 18 heavy (non-hydrogen) atoms. The quantitative estimate of drug-likeness (QED) is 0.804. The Hall–Kier alpha value is -1.20. The zero-order valence-electron chi connectivity index (χ0n) is 10.9. The van der Waals surface area contributed by atoms with Gasteiger partial charge in [0.2, 0.25) is 5.95 Å². The Morgan fingerprint density at radius 2 is 1.78 bits per heavy atom. The molecule has 98 valence electrons. The number of nitrogens with one attached hydrogen (secondary N) is 1. The molecule has 2 atom stereocenters. The molecule has 5 nitrogen and oxygen atoms in total. The third-order valence-corrected chi connectivity index (χ3v) is 4.08. The van der Waals surface area contributed by atoms with Crippen molar-refractivity contribution in [2.75, 3.05) is 19.0 Å². The molecule has 0 amide bonds. The fourth-order valence-corrected chi connectivity index (χ4v) is 3.15. The van der Waals surface area contributed by atoms with Gasteiger partial charge in [0.05, 0.1) is 5.60 Å². The first-order chi connectivity index (χ1) is 8.57. The van der Waals surface area contributed by atoms with Crippen molar-refractivity contribution in [2.24, 2.45) is 0 Å². The van der Waals surface area contributed by atoms with Crippen LogP contribution in [0.25, 0.3) is 0 Å². The minimum atomic E-state index is -0.748. The van der Waals surface area contributed by atoms with Crippen LogP contribution in [-0.4, -0.2) is 41.3 Å². The first-order valence-electron chi connectivity index (χ1n) is 6.55. The van der Waals surface area contributed by atoms with E-state index >= 15 is 0 Å². The predicted octanol–water partition coefficient (Wildman–Crippen LogP) is 0.645. The summed E-state index contributed by atoms with van der Waals surface area (Å²) in [5.41, 5.74) is 0.105. The second-order valence-corrected chi connectivity index (χ2v) is 5.74. The molecule has 5 heteroatoms. The zero-order valence-corrected chi connectivity index (χ0v) is 10.9. The Morgan fingerprint density at radius 1 is 1.22 bits per heavy atom. The lowest BCUT2D eigenvalue weighted by molar-refractivity contribution is -0.0120. The van der Waals surface area contributed by atoms with Gasteiger partial charge in [-0.1, -0.05) is 0 Å². The van der Waals surface area contributed by atoms with Gasteiger partial charge in [0.15, 0.2) is 0 Å². The molecule has 1 aromatic heterocycles. The molecular formula is C13H20N4O. The summed E-state index contributed by atoms with van der Waals surface area (Å²) >= 11 is 0. The van der Waals surface area contributed by atoms with Gasteiger partial charge in [0.25, 0.3) is 0 Å². The van der Waals surface area contributed by atoms with Crippen molar-refractivity contribution in [3.8, 4) is 0 Å². The predicted molar refractivity (Wildman–Crippen MR) is 69.4 cm³/mol. The fourth-order valence-electron chi connectivity index (χ4n) is 3.15. The number of rotatable bonds is 2. The van der Waals surface area contributed by atoms with Crippen molar-refractivity contribution in [1.82, 2.24) is 15.3 Å². The lowest BCUT2D eigenvalue weighted by Gasteiger charge is -2.37. The van der Waals surface area contributed by atoms with Crippen molar-refractivity contribution < 1.29 is 5.11 Å². The summed E-state index contributed by atoms with van der Waals surface area (Å²) in [4.78, 5) is 10.5. The summed E-state index contributed by atoms with van der Waals surface area (Å²) in [6.45, 7) is 0. The highest BCUT2D eigenvalue weighted by atomic mass is 16.3. The molecule has 2 bridgehead atoms. The zero-order chi connectivity index (χ0) is 12.8. The van der Waals surface area contributed by atoms with E-state index < -0.39 is 5.60 Å².